The molecule has 0 aromatic carbocycles. The van der Waals surface area contributed by atoms with Gasteiger partial charge in [0.25, 0.3) is 0 Å². The molecular weight excluding hydrogens is 320 g/mol. The van der Waals surface area contributed by atoms with Crippen molar-refractivity contribution in [2.45, 2.75) is 38.5 Å². The van der Waals surface area contributed by atoms with Crippen LogP contribution in [0.25, 0.3) is 0 Å². The standard InChI is InChI=1S/C18H30N4OS/c24-18(19-2-1-3-22-4-6-23-7-5-22)21-20-17-15-9-13-8-14(11-15)12-16(17)10-13/h13-16H,1-12H2,(H2,19,21,24). The number of ether oxygens (including phenoxy) is 1. The van der Waals surface area contributed by atoms with Crippen LogP contribution >= 0.6 is 12.2 Å². The fourth-order valence-corrected chi connectivity index (χ4v) is 5.48. The van der Waals surface area contributed by atoms with Gasteiger partial charge in [0.2, 0.25) is 0 Å². The molecule has 0 aromatic heterocycles. The maximum atomic E-state index is 5.39. The van der Waals surface area contributed by atoms with Crippen LogP contribution in [0.5, 0.6) is 0 Å². The second-order valence-corrected chi connectivity index (χ2v) is 8.42. The van der Waals surface area contributed by atoms with Crippen LogP contribution in [0.1, 0.15) is 38.5 Å². The van der Waals surface area contributed by atoms with Crippen molar-refractivity contribution in [1.29, 1.82) is 0 Å². The van der Waals surface area contributed by atoms with Crippen LogP contribution in [0.2, 0.25) is 0 Å². The summed E-state index contributed by atoms with van der Waals surface area (Å²) in [6.45, 7) is 5.87. The van der Waals surface area contributed by atoms with Gasteiger partial charge in [0.15, 0.2) is 5.11 Å². The van der Waals surface area contributed by atoms with Gasteiger partial charge in [-0.3, -0.25) is 10.3 Å². The number of hydrogen-bond donors (Lipinski definition) is 2. The van der Waals surface area contributed by atoms with Crippen LogP contribution in [-0.2, 0) is 4.74 Å². The largest absolute Gasteiger partial charge is 0.379 e. The highest BCUT2D eigenvalue weighted by atomic mass is 32.1. The Balaban J connectivity index is 1.17. The van der Waals surface area contributed by atoms with Crippen LogP contribution in [0, 0.1) is 23.7 Å². The van der Waals surface area contributed by atoms with Crippen LogP contribution in [0.3, 0.4) is 0 Å². The lowest BCUT2D eigenvalue weighted by Crippen LogP contribution is -2.47. The predicted octanol–water partition coefficient (Wildman–Crippen LogP) is 1.98. The summed E-state index contributed by atoms with van der Waals surface area (Å²) in [4.78, 5) is 2.45. The molecule has 134 valence electrons. The van der Waals surface area contributed by atoms with E-state index in [1.807, 2.05) is 0 Å². The molecule has 5 aliphatic rings. The van der Waals surface area contributed by atoms with Crippen molar-refractivity contribution in [1.82, 2.24) is 15.6 Å². The van der Waals surface area contributed by atoms with Crippen molar-refractivity contribution in [2.75, 3.05) is 39.4 Å². The lowest BCUT2D eigenvalue weighted by atomic mass is 9.55. The number of nitrogens with zero attached hydrogens (tertiary/aromatic N) is 2. The third-order valence-corrected chi connectivity index (χ3v) is 6.54. The molecular formula is C18H30N4OS. The summed E-state index contributed by atoms with van der Waals surface area (Å²) in [7, 11) is 0. The van der Waals surface area contributed by atoms with Gasteiger partial charge >= 0.3 is 0 Å². The molecule has 0 unspecified atom stereocenters. The Morgan fingerprint density at radius 3 is 2.42 bits per heavy atom. The lowest BCUT2D eigenvalue weighted by molar-refractivity contribution is 0.0376. The molecule has 0 spiro atoms. The average molecular weight is 351 g/mol. The van der Waals surface area contributed by atoms with Gasteiger partial charge in [0, 0.05) is 25.3 Å². The highest BCUT2D eigenvalue weighted by Gasteiger charge is 2.46. The Hall–Kier alpha value is -0.720. The SMILES string of the molecule is S=C(NCCCN1CCOCC1)NN=C1C2CC3CC(C2)CC1C3. The van der Waals surface area contributed by atoms with Crippen LogP contribution < -0.4 is 10.7 Å². The fourth-order valence-electron chi connectivity index (χ4n) is 5.33. The molecule has 1 saturated heterocycles. The number of hydrogen-bond acceptors (Lipinski definition) is 4. The molecule has 5 fully saturated rings. The summed E-state index contributed by atoms with van der Waals surface area (Å²) < 4.78 is 5.37. The van der Waals surface area contributed by atoms with E-state index in [-0.39, 0.29) is 0 Å². The van der Waals surface area contributed by atoms with Gasteiger partial charge in [-0.25, -0.2) is 0 Å². The van der Waals surface area contributed by atoms with Gasteiger partial charge in [-0.1, -0.05) is 0 Å². The van der Waals surface area contributed by atoms with Gasteiger partial charge in [0.1, 0.15) is 0 Å². The molecule has 1 heterocycles. The third kappa shape index (κ3) is 3.92. The van der Waals surface area contributed by atoms with Crippen molar-refractivity contribution < 1.29 is 4.74 Å². The van der Waals surface area contributed by atoms with Gasteiger partial charge in [-0.05, 0) is 81.0 Å². The Bertz CT molecular complexity index is 459. The first-order valence-corrected chi connectivity index (χ1v) is 10.1. The number of morpholine rings is 1. The van der Waals surface area contributed by atoms with Crippen LogP contribution in [0.15, 0.2) is 5.10 Å². The van der Waals surface area contributed by atoms with Gasteiger partial charge in [-0.2, -0.15) is 5.10 Å². The quantitative estimate of drug-likeness (QED) is 0.451. The van der Waals surface area contributed by atoms with Crippen molar-refractivity contribution in [3.05, 3.63) is 0 Å². The third-order valence-electron chi connectivity index (χ3n) is 6.30. The summed E-state index contributed by atoms with van der Waals surface area (Å²) in [6, 6.07) is 0. The number of rotatable bonds is 5. The number of hydrazone groups is 1. The van der Waals surface area contributed by atoms with Crippen molar-refractivity contribution in [2.24, 2.45) is 28.8 Å². The zero-order valence-corrected chi connectivity index (χ0v) is 15.3. The summed E-state index contributed by atoms with van der Waals surface area (Å²) in [5.41, 5.74) is 4.54. The minimum atomic E-state index is 0.679. The summed E-state index contributed by atoms with van der Waals surface area (Å²) >= 11 is 5.39. The zero-order chi connectivity index (χ0) is 16.4. The van der Waals surface area contributed by atoms with Crippen molar-refractivity contribution in [3.8, 4) is 0 Å². The molecule has 5 rings (SSSR count). The Morgan fingerprint density at radius 2 is 1.75 bits per heavy atom. The molecule has 4 aliphatic carbocycles. The molecule has 1 aliphatic heterocycles. The lowest BCUT2D eigenvalue weighted by Gasteiger charge is -2.50. The van der Waals surface area contributed by atoms with E-state index in [0.29, 0.717) is 5.11 Å². The average Bonchev–Trinajstić information content (AvgIpc) is 2.58. The molecule has 0 atom stereocenters. The van der Waals surface area contributed by atoms with Crippen molar-refractivity contribution >= 4 is 23.0 Å². The summed E-state index contributed by atoms with van der Waals surface area (Å²) in [5, 5.41) is 8.71. The van der Waals surface area contributed by atoms with E-state index in [0.717, 1.165) is 69.5 Å². The van der Waals surface area contributed by atoms with Crippen LogP contribution in [-0.4, -0.2) is 55.1 Å². The molecule has 4 bridgehead atoms. The fraction of sp³-hybridized carbons (Fsp3) is 0.889. The van der Waals surface area contributed by atoms with E-state index in [1.54, 1.807) is 0 Å². The maximum Gasteiger partial charge on any atom is 0.186 e. The van der Waals surface area contributed by atoms with Crippen LogP contribution in [0.4, 0.5) is 0 Å². The Morgan fingerprint density at radius 1 is 1.08 bits per heavy atom. The van der Waals surface area contributed by atoms with Crippen molar-refractivity contribution in [3.63, 3.8) is 0 Å². The second-order valence-electron chi connectivity index (χ2n) is 8.02. The van der Waals surface area contributed by atoms with Gasteiger partial charge < -0.3 is 10.1 Å². The first-order valence-electron chi connectivity index (χ1n) is 9.69. The van der Waals surface area contributed by atoms with Gasteiger partial charge in [0.05, 0.1) is 13.2 Å². The molecule has 2 N–H and O–H groups in total. The normalized spacial score (nSPS) is 35.1. The first kappa shape index (κ1) is 16.7. The maximum absolute atomic E-state index is 5.39. The van der Waals surface area contributed by atoms with Gasteiger partial charge in [-0.15, -0.1) is 0 Å². The first-order chi connectivity index (χ1) is 11.8. The zero-order valence-electron chi connectivity index (χ0n) is 14.5. The topological polar surface area (TPSA) is 48.9 Å². The minimum Gasteiger partial charge on any atom is -0.379 e. The van der Waals surface area contributed by atoms with E-state index in [1.165, 1.54) is 37.8 Å². The molecule has 24 heavy (non-hydrogen) atoms. The smallest absolute Gasteiger partial charge is 0.186 e. The summed E-state index contributed by atoms with van der Waals surface area (Å²) in [5.74, 6) is 3.43. The summed E-state index contributed by atoms with van der Waals surface area (Å²) in [6.07, 6.45) is 8.06. The van der Waals surface area contributed by atoms with E-state index in [2.05, 4.69) is 15.6 Å². The van der Waals surface area contributed by atoms with E-state index in [4.69, 9.17) is 22.1 Å². The highest BCUT2D eigenvalue weighted by molar-refractivity contribution is 7.80. The minimum absolute atomic E-state index is 0.679. The van der Waals surface area contributed by atoms with E-state index < -0.39 is 0 Å². The molecule has 5 nitrogen and oxygen atoms in total. The molecule has 0 amide bonds. The number of thiocarbonyl (C=S) groups is 1. The van der Waals surface area contributed by atoms with E-state index >= 15 is 0 Å². The molecule has 0 aromatic rings. The van der Waals surface area contributed by atoms with E-state index in [9.17, 15) is 0 Å². The Labute approximate surface area is 150 Å². The molecule has 4 saturated carbocycles. The Kier molecular flexibility index (Phi) is 5.34. The predicted molar refractivity (Wildman–Crippen MR) is 100 cm³/mol. The highest BCUT2D eigenvalue weighted by Crippen LogP contribution is 2.52. The monoisotopic (exact) mass is 350 g/mol. The second kappa shape index (κ2) is 7.67. The molecule has 6 heteroatoms. The molecule has 0 radical (unpaired) electrons. The number of nitrogens with one attached hydrogen (secondary N) is 2.